The lowest BCUT2D eigenvalue weighted by Gasteiger charge is -2.35. The molecule has 0 atom stereocenters. The predicted octanol–water partition coefficient (Wildman–Crippen LogP) is 2.44. The average molecular weight is 332 g/mol. The summed E-state index contributed by atoms with van der Waals surface area (Å²) < 4.78 is 0. The number of nitrogens with zero attached hydrogens (tertiary/aromatic N) is 1. The van der Waals surface area contributed by atoms with Crippen LogP contribution in [0, 0.1) is 11.3 Å². The van der Waals surface area contributed by atoms with Crippen molar-refractivity contribution in [3.63, 3.8) is 0 Å². The van der Waals surface area contributed by atoms with Gasteiger partial charge in [-0.3, -0.25) is 9.59 Å². The zero-order valence-electron chi connectivity index (χ0n) is 14.8. The number of carbonyl (C=O) groups is 2. The van der Waals surface area contributed by atoms with Crippen LogP contribution < -0.4 is 5.32 Å². The van der Waals surface area contributed by atoms with E-state index >= 15 is 0 Å². The van der Waals surface area contributed by atoms with Gasteiger partial charge in [-0.15, -0.1) is 0 Å². The Morgan fingerprint density at radius 3 is 2.25 bits per heavy atom. The normalized spacial score (nSPS) is 16.1. The quantitative estimate of drug-likeness (QED) is 0.890. The fraction of sp³-hybridized carbons (Fsp3) is 0.579. The molecule has 0 aromatic heterocycles. The van der Waals surface area contributed by atoms with Gasteiger partial charge in [-0.1, -0.05) is 32.9 Å². The van der Waals surface area contributed by atoms with Gasteiger partial charge in [0.2, 0.25) is 11.8 Å². The van der Waals surface area contributed by atoms with Gasteiger partial charge in [0.25, 0.3) is 0 Å². The molecule has 5 nitrogen and oxygen atoms in total. The molecule has 1 fully saturated rings. The third kappa shape index (κ3) is 4.81. The van der Waals surface area contributed by atoms with Gasteiger partial charge >= 0.3 is 0 Å². The first-order chi connectivity index (χ1) is 11.3. The van der Waals surface area contributed by atoms with E-state index in [2.05, 4.69) is 5.32 Å². The van der Waals surface area contributed by atoms with Crippen molar-refractivity contribution in [2.75, 3.05) is 25.0 Å². The molecule has 1 aliphatic heterocycles. The molecule has 1 aromatic rings. The summed E-state index contributed by atoms with van der Waals surface area (Å²) >= 11 is 0. The number of likely N-dealkylation sites (tertiary alicyclic amines) is 1. The van der Waals surface area contributed by atoms with E-state index < -0.39 is 0 Å². The van der Waals surface area contributed by atoms with Crippen molar-refractivity contribution >= 4 is 17.5 Å². The minimum Gasteiger partial charge on any atom is -0.396 e. The van der Waals surface area contributed by atoms with Crippen LogP contribution in [0.3, 0.4) is 0 Å². The largest absolute Gasteiger partial charge is 0.396 e. The van der Waals surface area contributed by atoms with Gasteiger partial charge in [-0.25, -0.2) is 0 Å². The summed E-state index contributed by atoms with van der Waals surface area (Å²) in [6, 6.07) is 7.55. The standard InChI is InChI=1S/C19H28N2O3/c1-19(2,3)18(24)21-11-8-15(9-12-21)17(23)20-16-6-4-14(5-7-16)10-13-22/h4-7,15,22H,8-13H2,1-3H3,(H,20,23). The summed E-state index contributed by atoms with van der Waals surface area (Å²) in [5.74, 6) is 0.125. The molecule has 2 N–H and O–H groups in total. The Hall–Kier alpha value is -1.88. The molecule has 5 heteroatoms. The molecule has 1 aromatic carbocycles. The van der Waals surface area contributed by atoms with Crippen molar-refractivity contribution in [1.29, 1.82) is 0 Å². The zero-order chi connectivity index (χ0) is 17.7. The predicted molar refractivity (Wildman–Crippen MR) is 94.6 cm³/mol. The van der Waals surface area contributed by atoms with E-state index in [1.165, 1.54) is 0 Å². The summed E-state index contributed by atoms with van der Waals surface area (Å²) in [5, 5.41) is 11.9. The topological polar surface area (TPSA) is 69.6 Å². The second-order valence-electron chi connectivity index (χ2n) is 7.48. The zero-order valence-corrected chi connectivity index (χ0v) is 14.8. The van der Waals surface area contributed by atoms with Crippen molar-refractivity contribution in [3.05, 3.63) is 29.8 Å². The van der Waals surface area contributed by atoms with E-state index in [0.717, 1.165) is 11.3 Å². The van der Waals surface area contributed by atoms with E-state index in [-0.39, 0.29) is 29.8 Å². The first-order valence-electron chi connectivity index (χ1n) is 8.61. The van der Waals surface area contributed by atoms with E-state index in [4.69, 9.17) is 5.11 Å². The van der Waals surface area contributed by atoms with Crippen LogP contribution in [0.25, 0.3) is 0 Å². The van der Waals surface area contributed by atoms with Crippen LogP contribution in [0.2, 0.25) is 0 Å². The molecule has 0 radical (unpaired) electrons. The number of anilines is 1. The van der Waals surface area contributed by atoms with Crippen molar-refractivity contribution < 1.29 is 14.7 Å². The highest BCUT2D eigenvalue weighted by molar-refractivity contribution is 5.92. The molecule has 1 saturated heterocycles. The third-order valence-corrected chi connectivity index (χ3v) is 4.42. The van der Waals surface area contributed by atoms with Crippen LogP contribution in [0.4, 0.5) is 5.69 Å². The maximum Gasteiger partial charge on any atom is 0.227 e. The summed E-state index contributed by atoms with van der Waals surface area (Å²) in [7, 11) is 0. The summed E-state index contributed by atoms with van der Waals surface area (Å²) in [5.41, 5.74) is 1.45. The van der Waals surface area contributed by atoms with Crippen LogP contribution in [0.1, 0.15) is 39.2 Å². The monoisotopic (exact) mass is 332 g/mol. The van der Waals surface area contributed by atoms with E-state index in [1.807, 2.05) is 49.9 Å². The van der Waals surface area contributed by atoms with Crippen LogP contribution in [-0.4, -0.2) is 41.5 Å². The molecule has 1 aliphatic rings. The number of rotatable bonds is 4. The Morgan fingerprint density at radius 2 is 1.75 bits per heavy atom. The number of hydrogen-bond acceptors (Lipinski definition) is 3. The molecule has 2 amide bonds. The third-order valence-electron chi connectivity index (χ3n) is 4.42. The van der Waals surface area contributed by atoms with Crippen molar-refractivity contribution in [3.8, 4) is 0 Å². The number of nitrogens with one attached hydrogen (secondary N) is 1. The van der Waals surface area contributed by atoms with Crippen LogP contribution in [-0.2, 0) is 16.0 Å². The van der Waals surface area contributed by atoms with Crippen molar-refractivity contribution in [1.82, 2.24) is 4.90 Å². The van der Waals surface area contributed by atoms with Gasteiger partial charge in [0.15, 0.2) is 0 Å². The van der Waals surface area contributed by atoms with Crippen molar-refractivity contribution in [2.45, 2.75) is 40.0 Å². The minimum atomic E-state index is -0.370. The Labute approximate surface area is 144 Å². The molecule has 0 aliphatic carbocycles. The van der Waals surface area contributed by atoms with Gasteiger partial charge in [0.05, 0.1) is 0 Å². The Morgan fingerprint density at radius 1 is 1.17 bits per heavy atom. The van der Waals surface area contributed by atoms with Gasteiger partial charge in [0, 0.05) is 36.7 Å². The molecular formula is C19H28N2O3. The average Bonchev–Trinajstić information content (AvgIpc) is 2.55. The minimum absolute atomic E-state index is 0.0211. The Bertz CT molecular complexity index is 567. The molecule has 0 saturated carbocycles. The summed E-state index contributed by atoms with van der Waals surface area (Å²) in [6.07, 6.45) is 2.03. The van der Waals surface area contributed by atoms with Crippen LogP contribution in [0.5, 0.6) is 0 Å². The van der Waals surface area contributed by atoms with Crippen LogP contribution in [0.15, 0.2) is 24.3 Å². The SMILES string of the molecule is CC(C)(C)C(=O)N1CCC(C(=O)Nc2ccc(CCO)cc2)CC1. The Kier molecular flexibility index (Phi) is 5.99. The lowest BCUT2D eigenvalue weighted by molar-refractivity contribution is -0.142. The number of aliphatic hydroxyl groups excluding tert-OH is 1. The second-order valence-corrected chi connectivity index (χ2v) is 7.48. The van der Waals surface area contributed by atoms with Gasteiger partial charge < -0.3 is 15.3 Å². The summed E-state index contributed by atoms with van der Waals surface area (Å²) in [6.45, 7) is 7.18. The first kappa shape index (κ1) is 18.5. The van der Waals surface area contributed by atoms with Gasteiger partial charge in [-0.05, 0) is 37.0 Å². The van der Waals surface area contributed by atoms with Crippen LogP contribution >= 0.6 is 0 Å². The molecular weight excluding hydrogens is 304 g/mol. The molecule has 132 valence electrons. The lowest BCUT2D eigenvalue weighted by atomic mass is 9.90. The molecule has 24 heavy (non-hydrogen) atoms. The van der Waals surface area contributed by atoms with Crippen molar-refractivity contribution in [2.24, 2.45) is 11.3 Å². The number of amides is 2. The molecule has 0 spiro atoms. The first-order valence-corrected chi connectivity index (χ1v) is 8.61. The van der Waals surface area contributed by atoms with E-state index in [1.54, 1.807) is 0 Å². The number of aliphatic hydroxyl groups is 1. The second kappa shape index (κ2) is 7.79. The van der Waals surface area contributed by atoms with E-state index in [9.17, 15) is 9.59 Å². The molecule has 2 rings (SSSR count). The Balaban J connectivity index is 1.85. The number of hydrogen-bond donors (Lipinski definition) is 2. The smallest absolute Gasteiger partial charge is 0.227 e. The highest BCUT2D eigenvalue weighted by atomic mass is 16.3. The highest BCUT2D eigenvalue weighted by Gasteiger charge is 2.32. The fourth-order valence-corrected chi connectivity index (χ4v) is 2.95. The highest BCUT2D eigenvalue weighted by Crippen LogP contribution is 2.24. The summed E-state index contributed by atoms with van der Waals surface area (Å²) in [4.78, 5) is 26.5. The number of piperidine rings is 1. The number of benzene rings is 1. The van der Waals surface area contributed by atoms with Gasteiger partial charge in [-0.2, -0.15) is 0 Å². The van der Waals surface area contributed by atoms with E-state index in [0.29, 0.717) is 32.4 Å². The molecule has 0 unspecified atom stereocenters. The maximum absolute atomic E-state index is 12.4. The lowest BCUT2D eigenvalue weighted by Crippen LogP contribution is -2.45. The fourth-order valence-electron chi connectivity index (χ4n) is 2.95. The molecule has 1 heterocycles. The maximum atomic E-state index is 12.4. The number of carbonyl (C=O) groups excluding carboxylic acids is 2. The van der Waals surface area contributed by atoms with Gasteiger partial charge in [0.1, 0.15) is 0 Å². The molecule has 0 bridgehead atoms.